The molecule has 0 bridgehead atoms. The normalized spacial score (nSPS) is 10.9. The van der Waals surface area contributed by atoms with Crippen molar-refractivity contribution in [3.63, 3.8) is 0 Å². The van der Waals surface area contributed by atoms with Crippen molar-refractivity contribution in [2.45, 2.75) is 20.8 Å². The summed E-state index contributed by atoms with van der Waals surface area (Å²) in [5.41, 5.74) is 5.46. The van der Waals surface area contributed by atoms with Gasteiger partial charge in [0.25, 0.3) is 0 Å². The second-order valence-electron chi connectivity index (χ2n) is 6.34. The van der Waals surface area contributed by atoms with E-state index in [1.807, 2.05) is 19.9 Å². The van der Waals surface area contributed by atoms with Crippen LogP contribution in [-0.4, -0.2) is 41.9 Å². The third-order valence-corrected chi connectivity index (χ3v) is 4.09. The molecule has 1 N–H and O–H groups in total. The summed E-state index contributed by atoms with van der Waals surface area (Å²) in [5.74, 6) is -0.422. The van der Waals surface area contributed by atoms with E-state index in [2.05, 4.69) is 41.1 Å². The third kappa shape index (κ3) is 4.59. The van der Waals surface area contributed by atoms with Gasteiger partial charge in [0.2, 0.25) is 11.8 Å². The van der Waals surface area contributed by atoms with Crippen LogP contribution in [-0.2, 0) is 9.59 Å². The van der Waals surface area contributed by atoms with E-state index in [1.165, 1.54) is 16.5 Å². The van der Waals surface area contributed by atoms with Crippen molar-refractivity contribution in [3.05, 3.63) is 58.9 Å². The minimum Gasteiger partial charge on any atom is -0.347 e. The fraction of sp³-hybridized carbons (Fsp3) is 0.300. The van der Waals surface area contributed by atoms with Gasteiger partial charge in [0.1, 0.15) is 0 Å². The molecule has 0 aliphatic rings. The summed E-state index contributed by atoms with van der Waals surface area (Å²) in [7, 11) is 3.31. The molecular weight excluding hydrogens is 314 g/mol. The number of aromatic nitrogens is 1. The lowest BCUT2D eigenvalue weighted by Crippen LogP contribution is -2.35. The number of hydrogen-bond acceptors (Lipinski definition) is 2. The molecular formula is C20H25N3O2. The van der Waals surface area contributed by atoms with Crippen molar-refractivity contribution in [3.8, 4) is 5.69 Å². The van der Waals surface area contributed by atoms with Crippen LogP contribution >= 0.6 is 0 Å². The maximum atomic E-state index is 11.9. The highest BCUT2D eigenvalue weighted by molar-refractivity contribution is 5.94. The molecule has 2 amide bonds. The highest BCUT2D eigenvalue weighted by Gasteiger charge is 2.09. The molecule has 1 aromatic heterocycles. The molecule has 0 radical (unpaired) electrons. The molecule has 1 aromatic carbocycles. The van der Waals surface area contributed by atoms with E-state index in [9.17, 15) is 9.59 Å². The minimum atomic E-state index is -0.282. The van der Waals surface area contributed by atoms with Crippen LogP contribution in [0.5, 0.6) is 0 Å². The number of amides is 2. The molecule has 5 nitrogen and oxygen atoms in total. The molecule has 0 unspecified atom stereocenters. The molecule has 2 aromatic rings. The zero-order valence-electron chi connectivity index (χ0n) is 15.5. The summed E-state index contributed by atoms with van der Waals surface area (Å²) < 4.78 is 2.16. The highest BCUT2D eigenvalue weighted by Crippen LogP contribution is 2.22. The molecule has 1 heterocycles. The van der Waals surface area contributed by atoms with Crippen molar-refractivity contribution >= 4 is 17.9 Å². The van der Waals surface area contributed by atoms with Gasteiger partial charge in [0, 0.05) is 37.2 Å². The van der Waals surface area contributed by atoms with Gasteiger partial charge in [0.15, 0.2) is 0 Å². The summed E-state index contributed by atoms with van der Waals surface area (Å²) >= 11 is 0. The van der Waals surface area contributed by atoms with Crippen LogP contribution in [0.3, 0.4) is 0 Å². The number of nitrogens with zero attached hydrogens (tertiary/aromatic N) is 2. The third-order valence-electron chi connectivity index (χ3n) is 4.09. The van der Waals surface area contributed by atoms with Crippen molar-refractivity contribution in [1.82, 2.24) is 14.8 Å². The molecule has 0 atom stereocenters. The molecule has 25 heavy (non-hydrogen) atoms. The molecule has 0 fully saturated rings. The van der Waals surface area contributed by atoms with Crippen molar-refractivity contribution in [2.24, 2.45) is 0 Å². The Morgan fingerprint density at radius 2 is 1.76 bits per heavy atom. The SMILES string of the molecule is Cc1ccc(-n2c(C)cc(/C=C/C(=O)NCC(=O)N(C)C)c2C)cc1. The quantitative estimate of drug-likeness (QED) is 0.852. The first-order chi connectivity index (χ1) is 11.8. The second kappa shape index (κ2) is 7.83. The number of aryl methyl sites for hydroxylation is 2. The summed E-state index contributed by atoms with van der Waals surface area (Å²) in [4.78, 5) is 24.8. The monoisotopic (exact) mass is 339 g/mol. The second-order valence-corrected chi connectivity index (χ2v) is 6.34. The average Bonchev–Trinajstić information content (AvgIpc) is 2.85. The van der Waals surface area contributed by atoms with E-state index < -0.39 is 0 Å². The number of carbonyl (C=O) groups excluding carboxylic acids is 2. The van der Waals surface area contributed by atoms with Crippen LogP contribution in [0.2, 0.25) is 0 Å². The number of hydrogen-bond donors (Lipinski definition) is 1. The van der Waals surface area contributed by atoms with Crippen molar-refractivity contribution in [2.75, 3.05) is 20.6 Å². The molecule has 132 valence electrons. The zero-order chi connectivity index (χ0) is 18.6. The Balaban J connectivity index is 2.13. The Morgan fingerprint density at radius 1 is 1.12 bits per heavy atom. The Morgan fingerprint density at radius 3 is 2.36 bits per heavy atom. The predicted molar refractivity (Wildman–Crippen MR) is 101 cm³/mol. The van der Waals surface area contributed by atoms with Gasteiger partial charge in [-0.05, 0) is 50.6 Å². The first-order valence-electron chi connectivity index (χ1n) is 8.21. The van der Waals surface area contributed by atoms with Gasteiger partial charge in [-0.25, -0.2) is 0 Å². The van der Waals surface area contributed by atoms with E-state index in [0.717, 1.165) is 22.6 Å². The lowest BCUT2D eigenvalue weighted by molar-refractivity contribution is -0.129. The number of nitrogens with one attached hydrogen (secondary N) is 1. The smallest absolute Gasteiger partial charge is 0.244 e. The van der Waals surface area contributed by atoms with Crippen LogP contribution in [0.1, 0.15) is 22.5 Å². The molecule has 2 rings (SSSR count). The van der Waals surface area contributed by atoms with Crippen molar-refractivity contribution < 1.29 is 9.59 Å². The number of likely N-dealkylation sites (N-methyl/N-ethyl adjacent to an activating group) is 1. The highest BCUT2D eigenvalue weighted by atomic mass is 16.2. The molecule has 0 aliphatic heterocycles. The van der Waals surface area contributed by atoms with Crippen LogP contribution in [0.25, 0.3) is 11.8 Å². The van der Waals surface area contributed by atoms with Crippen LogP contribution in [0.15, 0.2) is 36.4 Å². The lowest BCUT2D eigenvalue weighted by atomic mass is 10.2. The van der Waals surface area contributed by atoms with Gasteiger partial charge in [-0.15, -0.1) is 0 Å². The van der Waals surface area contributed by atoms with Crippen LogP contribution in [0, 0.1) is 20.8 Å². The Hall–Kier alpha value is -2.82. The van der Waals surface area contributed by atoms with Gasteiger partial charge < -0.3 is 14.8 Å². The summed E-state index contributed by atoms with van der Waals surface area (Å²) in [6, 6.07) is 10.4. The van der Waals surface area contributed by atoms with Gasteiger partial charge in [-0.1, -0.05) is 17.7 Å². The molecule has 0 aliphatic carbocycles. The topological polar surface area (TPSA) is 54.3 Å². The number of carbonyl (C=O) groups is 2. The van der Waals surface area contributed by atoms with Gasteiger partial charge in [-0.3, -0.25) is 9.59 Å². The number of rotatable bonds is 5. The summed E-state index contributed by atoms with van der Waals surface area (Å²) in [6.45, 7) is 6.13. The predicted octanol–water partition coefficient (Wildman–Crippen LogP) is 2.62. The summed E-state index contributed by atoms with van der Waals surface area (Å²) in [5, 5.41) is 2.59. The molecule has 5 heteroatoms. The summed E-state index contributed by atoms with van der Waals surface area (Å²) in [6.07, 6.45) is 3.24. The Bertz CT molecular complexity index is 799. The zero-order valence-corrected chi connectivity index (χ0v) is 15.5. The van der Waals surface area contributed by atoms with E-state index in [4.69, 9.17) is 0 Å². The van der Waals surface area contributed by atoms with Gasteiger partial charge in [-0.2, -0.15) is 0 Å². The van der Waals surface area contributed by atoms with E-state index >= 15 is 0 Å². The largest absolute Gasteiger partial charge is 0.347 e. The maximum Gasteiger partial charge on any atom is 0.244 e. The van der Waals surface area contributed by atoms with Crippen LogP contribution < -0.4 is 5.32 Å². The fourth-order valence-corrected chi connectivity index (χ4v) is 2.59. The Labute approximate surface area is 149 Å². The average molecular weight is 339 g/mol. The lowest BCUT2D eigenvalue weighted by Gasteiger charge is -2.10. The van der Waals surface area contributed by atoms with Crippen molar-refractivity contribution in [1.29, 1.82) is 0 Å². The van der Waals surface area contributed by atoms with Crippen LogP contribution in [0.4, 0.5) is 0 Å². The first kappa shape index (κ1) is 18.5. The molecule has 0 saturated carbocycles. The van der Waals surface area contributed by atoms with E-state index in [1.54, 1.807) is 20.2 Å². The van der Waals surface area contributed by atoms with E-state index in [0.29, 0.717) is 0 Å². The molecule has 0 spiro atoms. The fourth-order valence-electron chi connectivity index (χ4n) is 2.59. The van der Waals surface area contributed by atoms with Gasteiger partial charge >= 0.3 is 0 Å². The van der Waals surface area contributed by atoms with Gasteiger partial charge in [0.05, 0.1) is 6.54 Å². The Kier molecular flexibility index (Phi) is 5.80. The minimum absolute atomic E-state index is 0.00143. The first-order valence-corrected chi connectivity index (χ1v) is 8.21. The maximum absolute atomic E-state index is 11.9. The van der Waals surface area contributed by atoms with E-state index in [-0.39, 0.29) is 18.4 Å². The molecule has 0 saturated heterocycles. The number of benzene rings is 1. The standard InChI is InChI=1S/C20H25N3O2/c1-14-6-9-18(10-7-14)23-15(2)12-17(16(23)3)8-11-19(24)21-13-20(25)22(4)5/h6-12H,13H2,1-5H3,(H,21,24)/b11-8+.